The van der Waals surface area contributed by atoms with Gasteiger partial charge in [-0.2, -0.15) is 0 Å². The van der Waals surface area contributed by atoms with Crippen LogP contribution in [-0.4, -0.2) is 67.8 Å². The summed E-state index contributed by atoms with van der Waals surface area (Å²) in [6.07, 6.45) is 4.02. The van der Waals surface area contributed by atoms with Gasteiger partial charge in [-0.25, -0.2) is 4.98 Å². The number of rotatable bonds is 8. The molecule has 0 radical (unpaired) electrons. The lowest BCUT2D eigenvalue weighted by Crippen LogP contribution is -2.64. The average molecular weight is 812 g/mol. The minimum atomic E-state index is -1.34. The number of anilines is 1. The van der Waals surface area contributed by atoms with Gasteiger partial charge >= 0.3 is 0 Å². The number of aliphatic hydroxyl groups excluding tert-OH is 1. The van der Waals surface area contributed by atoms with Gasteiger partial charge < -0.3 is 25.6 Å². The molecule has 3 fully saturated rings. The molecule has 8 rings (SSSR count). The van der Waals surface area contributed by atoms with Crippen molar-refractivity contribution < 1.29 is 24.5 Å². The molecule has 3 aromatic carbocycles. The van der Waals surface area contributed by atoms with E-state index in [2.05, 4.69) is 34.4 Å². The largest absolute Gasteiger partial charge is 0.388 e. The second kappa shape index (κ2) is 15.1. The molecule has 1 unspecified atom stereocenters. The van der Waals surface area contributed by atoms with Crippen molar-refractivity contribution in [3.05, 3.63) is 130 Å². The van der Waals surface area contributed by atoms with Crippen LogP contribution in [0.25, 0.3) is 0 Å². The highest BCUT2D eigenvalue weighted by molar-refractivity contribution is 6.31. The van der Waals surface area contributed by atoms with Gasteiger partial charge in [0.05, 0.1) is 42.5 Å². The van der Waals surface area contributed by atoms with Crippen molar-refractivity contribution in [2.75, 3.05) is 11.9 Å². The van der Waals surface area contributed by atoms with Crippen molar-refractivity contribution in [3.63, 3.8) is 0 Å². The van der Waals surface area contributed by atoms with E-state index in [9.17, 15) is 10.2 Å². The number of ether oxygens (including phenoxy) is 1. The maximum absolute atomic E-state index is 15.8. The molecule has 2 saturated heterocycles. The monoisotopic (exact) mass is 810 g/mol. The molecule has 2 spiro atoms. The third kappa shape index (κ3) is 6.88. The Bertz CT molecular complexity index is 2110. The molecule has 7 atom stereocenters. The van der Waals surface area contributed by atoms with Gasteiger partial charge in [0.2, 0.25) is 11.8 Å². The number of carbonyl (C=O) groups excluding carboxylic acids is 2. The van der Waals surface area contributed by atoms with Crippen LogP contribution < -0.4 is 10.6 Å². The minimum Gasteiger partial charge on any atom is -0.388 e. The Morgan fingerprint density at radius 2 is 1.61 bits per heavy atom. The maximum atomic E-state index is 15.8. The average Bonchev–Trinajstić information content (AvgIpc) is 3.61. The molecule has 1 aromatic heterocycles. The highest BCUT2D eigenvalue weighted by Gasteiger charge is 2.77. The summed E-state index contributed by atoms with van der Waals surface area (Å²) in [6.45, 7) is 8.22. The Balaban J connectivity index is 1.41. The van der Waals surface area contributed by atoms with Gasteiger partial charge in [-0.15, -0.1) is 0 Å². The van der Waals surface area contributed by atoms with Crippen LogP contribution in [0.15, 0.2) is 97.2 Å². The zero-order valence-electron chi connectivity index (χ0n) is 32.9. The van der Waals surface area contributed by atoms with E-state index in [1.807, 2.05) is 78.9 Å². The lowest BCUT2D eigenvalue weighted by atomic mass is 9.53. The molecular formula is C46H52Cl2N4O5. The van der Waals surface area contributed by atoms with E-state index in [1.165, 1.54) is 0 Å². The molecule has 9 nitrogen and oxygen atoms in total. The van der Waals surface area contributed by atoms with Crippen LogP contribution in [0, 0.1) is 5.41 Å². The van der Waals surface area contributed by atoms with E-state index in [0.717, 1.165) is 24.0 Å². The van der Waals surface area contributed by atoms with Gasteiger partial charge in [0.1, 0.15) is 10.6 Å². The fourth-order valence-electron chi connectivity index (χ4n) is 10.7. The molecule has 4 heterocycles. The molecule has 57 heavy (non-hydrogen) atoms. The third-order valence-electron chi connectivity index (χ3n) is 13.4. The summed E-state index contributed by atoms with van der Waals surface area (Å²) in [7, 11) is 0. The first-order chi connectivity index (χ1) is 27.2. The van der Waals surface area contributed by atoms with E-state index in [-0.39, 0.29) is 41.1 Å². The van der Waals surface area contributed by atoms with E-state index in [0.29, 0.717) is 47.5 Å². The zero-order chi connectivity index (χ0) is 40.3. The number of amides is 2. The first kappa shape index (κ1) is 40.0. The Kier molecular flexibility index (Phi) is 10.6. The van der Waals surface area contributed by atoms with Crippen LogP contribution in [0.4, 0.5) is 5.69 Å². The Labute approximate surface area is 345 Å². The van der Waals surface area contributed by atoms with E-state index < -0.39 is 40.7 Å². The van der Waals surface area contributed by atoms with Crippen molar-refractivity contribution in [3.8, 4) is 0 Å². The van der Waals surface area contributed by atoms with Crippen LogP contribution in [-0.2, 0) is 19.7 Å². The second-order valence-electron chi connectivity index (χ2n) is 17.9. The lowest BCUT2D eigenvalue weighted by molar-refractivity contribution is -0.140. The molecular weight excluding hydrogens is 759 g/mol. The number of hydrogen-bond acceptors (Lipinski definition) is 7. The van der Waals surface area contributed by atoms with Crippen molar-refractivity contribution in [1.82, 2.24) is 15.2 Å². The predicted molar refractivity (Wildman–Crippen MR) is 222 cm³/mol. The molecule has 4 aromatic rings. The normalized spacial score (nSPS) is 27.8. The molecule has 2 amide bonds. The first-order valence-corrected chi connectivity index (χ1v) is 20.9. The smallest absolute Gasteiger partial charge is 0.238 e. The summed E-state index contributed by atoms with van der Waals surface area (Å²) >= 11 is 13.4. The number of nitrogens with zero attached hydrogens (tertiary/aromatic N) is 2. The molecule has 1 aliphatic carbocycles. The molecule has 4 aliphatic rings. The fourth-order valence-corrected chi connectivity index (χ4v) is 11.0. The van der Waals surface area contributed by atoms with Crippen LogP contribution in [0.3, 0.4) is 0 Å². The van der Waals surface area contributed by atoms with Crippen LogP contribution in [0.1, 0.15) is 107 Å². The quantitative estimate of drug-likeness (QED) is 0.132. The second-order valence-corrected chi connectivity index (χ2v) is 18.7. The van der Waals surface area contributed by atoms with Gasteiger partial charge in [-0.3, -0.25) is 14.5 Å². The number of hydrogen-bond donors (Lipinski definition) is 4. The SMILES string of the molecule is CC1(C)CCC2(CC1)N([C@H](c1ccccc1)[C@@H](O)c1ccccc1)[C@@H](C(=O)N[C@@H]1CC[C@@H](C(C)(C)O)OC1)[C@H](c1ccnc(Cl)c1)C21C(=O)Nc2cc(Cl)ccc21. The number of pyridine rings is 1. The van der Waals surface area contributed by atoms with E-state index >= 15 is 9.59 Å². The third-order valence-corrected chi connectivity index (χ3v) is 13.9. The van der Waals surface area contributed by atoms with Crippen LogP contribution >= 0.6 is 23.2 Å². The van der Waals surface area contributed by atoms with Gasteiger partial charge in [0, 0.05) is 28.4 Å². The van der Waals surface area contributed by atoms with Crippen molar-refractivity contribution in [2.24, 2.45) is 5.41 Å². The van der Waals surface area contributed by atoms with Crippen LogP contribution in [0.2, 0.25) is 10.2 Å². The Morgan fingerprint density at radius 3 is 2.23 bits per heavy atom. The highest BCUT2D eigenvalue weighted by Crippen LogP contribution is 2.69. The standard InChI is InChI=1S/C46H52Cl2N4O5/c1-43(2)20-22-45(23-21-43)46(33-17-15-31(47)26-34(33)51-42(46)55)37(30-19-24-49-36(48)25-30)39(41(54)50-32-16-18-35(57-27-32)44(3,4)56)52(45)38(28-11-7-5-8-12-28)40(53)29-13-9-6-10-14-29/h5-15,17,19,24-26,32,35,37-40,53,56H,16,18,20-23,27H2,1-4H3,(H,50,54)(H,51,55)/t32-,35+,37+,38-,39-,40+,46?/m1/s1. The summed E-state index contributed by atoms with van der Waals surface area (Å²) in [5.74, 6) is -1.28. The molecule has 300 valence electrons. The topological polar surface area (TPSA) is 124 Å². The summed E-state index contributed by atoms with van der Waals surface area (Å²) in [6, 6.07) is 26.5. The first-order valence-electron chi connectivity index (χ1n) is 20.1. The number of carbonyl (C=O) groups is 2. The molecule has 1 saturated carbocycles. The van der Waals surface area contributed by atoms with Crippen molar-refractivity contribution in [1.29, 1.82) is 0 Å². The van der Waals surface area contributed by atoms with Gasteiger partial charge in [0.25, 0.3) is 0 Å². The Morgan fingerprint density at radius 1 is 0.947 bits per heavy atom. The number of aromatic nitrogens is 1. The minimum absolute atomic E-state index is 0.0391. The summed E-state index contributed by atoms with van der Waals surface area (Å²) < 4.78 is 6.17. The van der Waals surface area contributed by atoms with Crippen LogP contribution in [0.5, 0.6) is 0 Å². The number of halogens is 2. The predicted octanol–water partition coefficient (Wildman–Crippen LogP) is 8.29. The number of aliphatic hydroxyl groups is 2. The molecule has 3 aliphatic heterocycles. The zero-order valence-corrected chi connectivity index (χ0v) is 34.4. The number of nitrogens with one attached hydrogen (secondary N) is 2. The maximum Gasteiger partial charge on any atom is 0.238 e. The Hall–Kier alpha value is -3.83. The van der Waals surface area contributed by atoms with Gasteiger partial charge in [-0.1, -0.05) is 104 Å². The number of fused-ring (bicyclic) bond motifs is 3. The summed E-state index contributed by atoms with van der Waals surface area (Å²) in [4.78, 5) is 38.0. The fraction of sp³-hybridized carbons (Fsp3) is 0.457. The van der Waals surface area contributed by atoms with E-state index in [1.54, 1.807) is 32.2 Å². The number of benzene rings is 3. The molecule has 4 N–H and O–H groups in total. The highest BCUT2D eigenvalue weighted by atomic mass is 35.5. The molecule has 0 bridgehead atoms. The van der Waals surface area contributed by atoms with E-state index in [4.69, 9.17) is 27.9 Å². The van der Waals surface area contributed by atoms with Gasteiger partial charge in [-0.05, 0) is 104 Å². The van der Waals surface area contributed by atoms with Gasteiger partial charge in [0.15, 0.2) is 0 Å². The summed E-state index contributed by atoms with van der Waals surface area (Å²) in [5, 5.41) is 31.0. The molecule has 11 heteroatoms. The summed E-state index contributed by atoms with van der Waals surface area (Å²) in [5.41, 5.74) is 0.190. The number of likely N-dealkylation sites (tertiary alicyclic amines) is 1. The lowest BCUT2D eigenvalue weighted by Gasteiger charge is -2.56. The van der Waals surface area contributed by atoms with Crippen molar-refractivity contribution in [2.45, 2.75) is 119 Å². The van der Waals surface area contributed by atoms with Crippen molar-refractivity contribution >= 4 is 40.7 Å².